The van der Waals surface area contributed by atoms with Gasteiger partial charge in [-0.3, -0.25) is 4.79 Å². The monoisotopic (exact) mass is 291 g/mol. The van der Waals surface area contributed by atoms with Crippen LogP contribution in [-0.4, -0.2) is 20.1 Å². The Hall–Kier alpha value is -1.71. The molecule has 1 aliphatic rings. The maximum atomic E-state index is 12.2. The lowest BCUT2D eigenvalue weighted by atomic mass is 10.0. The molecule has 0 heterocycles. The summed E-state index contributed by atoms with van der Waals surface area (Å²) < 4.78 is 10.6. The van der Waals surface area contributed by atoms with Crippen molar-refractivity contribution in [1.29, 1.82) is 0 Å². The van der Waals surface area contributed by atoms with Gasteiger partial charge in [-0.1, -0.05) is 12.8 Å². The van der Waals surface area contributed by atoms with Crippen LogP contribution in [-0.2, 0) is 4.79 Å². The lowest BCUT2D eigenvalue weighted by molar-refractivity contribution is -0.122. The Morgan fingerprint density at radius 1 is 1.29 bits per heavy atom. The molecule has 1 fully saturated rings. The van der Waals surface area contributed by atoms with E-state index in [1.807, 2.05) is 25.1 Å². The average Bonchev–Trinajstić information content (AvgIpc) is 2.99. The van der Waals surface area contributed by atoms with Crippen molar-refractivity contribution >= 4 is 5.91 Å². The molecule has 1 amide bonds. The molecular weight excluding hydrogens is 266 g/mol. The Kier molecular flexibility index (Phi) is 5.48. The van der Waals surface area contributed by atoms with Gasteiger partial charge in [-0.15, -0.1) is 0 Å². The molecule has 1 aromatic rings. The fourth-order valence-electron chi connectivity index (χ4n) is 3.03. The minimum absolute atomic E-state index is 0.0936. The number of nitrogens with one attached hydrogen (secondary N) is 1. The SMILES string of the molecule is COc1ccc(OC)c(C(C)NC(=O)CC2CCCC2)c1. The minimum atomic E-state index is -0.0936. The van der Waals surface area contributed by atoms with E-state index < -0.39 is 0 Å². The van der Waals surface area contributed by atoms with E-state index in [1.54, 1.807) is 14.2 Å². The number of ether oxygens (including phenoxy) is 2. The highest BCUT2D eigenvalue weighted by Gasteiger charge is 2.20. The van der Waals surface area contributed by atoms with E-state index in [4.69, 9.17) is 9.47 Å². The van der Waals surface area contributed by atoms with E-state index in [9.17, 15) is 4.79 Å². The Morgan fingerprint density at radius 3 is 2.62 bits per heavy atom. The van der Waals surface area contributed by atoms with Crippen LogP contribution in [0.3, 0.4) is 0 Å². The summed E-state index contributed by atoms with van der Waals surface area (Å²) in [5.41, 5.74) is 0.941. The number of amides is 1. The Morgan fingerprint density at radius 2 is 2.00 bits per heavy atom. The fourth-order valence-corrected chi connectivity index (χ4v) is 3.03. The Balaban J connectivity index is 2.01. The van der Waals surface area contributed by atoms with E-state index in [1.165, 1.54) is 25.7 Å². The van der Waals surface area contributed by atoms with Gasteiger partial charge >= 0.3 is 0 Å². The number of carbonyl (C=O) groups excluding carboxylic acids is 1. The van der Waals surface area contributed by atoms with Crippen molar-refractivity contribution in [3.8, 4) is 11.5 Å². The van der Waals surface area contributed by atoms with Gasteiger partial charge < -0.3 is 14.8 Å². The van der Waals surface area contributed by atoms with Gasteiger partial charge in [-0.2, -0.15) is 0 Å². The molecule has 0 aliphatic heterocycles. The summed E-state index contributed by atoms with van der Waals surface area (Å²) in [5.74, 6) is 2.22. The molecule has 4 nitrogen and oxygen atoms in total. The number of carbonyl (C=O) groups is 1. The van der Waals surface area contributed by atoms with Crippen LogP contribution in [0.2, 0.25) is 0 Å². The van der Waals surface area contributed by atoms with E-state index >= 15 is 0 Å². The zero-order valence-electron chi connectivity index (χ0n) is 13.1. The lowest BCUT2D eigenvalue weighted by Gasteiger charge is -2.19. The second kappa shape index (κ2) is 7.34. The van der Waals surface area contributed by atoms with Crippen molar-refractivity contribution in [3.63, 3.8) is 0 Å². The maximum absolute atomic E-state index is 12.2. The molecule has 0 radical (unpaired) electrons. The van der Waals surface area contributed by atoms with Gasteiger partial charge in [0.15, 0.2) is 0 Å². The molecule has 116 valence electrons. The molecule has 1 aliphatic carbocycles. The summed E-state index contributed by atoms with van der Waals surface area (Å²) in [6, 6.07) is 5.55. The van der Waals surface area contributed by atoms with Crippen LogP contribution in [0.5, 0.6) is 11.5 Å². The number of benzene rings is 1. The van der Waals surface area contributed by atoms with E-state index in [2.05, 4.69) is 5.32 Å². The van der Waals surface area contributed by atoms with Gasteiger partial charge in [0.05, 0.1) is 20.3 Å². The highest BCUT2D eigenvalue weighted by atomic mass is 16.5. The van der Waals surface area contributed by atoms with Gasteiger partial charge in [0, 0.05) is 12.0 Å². The number of methoxy groups -OCH3 is 2. The zero-order valence-corrected chi connectivity index (χ0v) is 13.1. The molecular formula is C17H25NO3. The van der Waals surface area contributed by atoms with Crippen molar-refractivity contribution in [1.82, 2.24) is 5.32 Å². The second-order valence-corrected chi connectivity index (χ2v) is 5.75. The van der Waals surface area contributed by atoms with Crippen molar-refractivity contribution in [2.24, 2.45) is 5.92 Å². The average molecular weight is 291 g/mol. The third kappa shape index (κ3) is 4.13. The highest BCUT2D eigenvalue weighted by Crippen LogP contribution is 2.30. The molecule has 1 N–H and O–H groups in total. The van der Waals surface area contributed by atoms with Crippen LogP contribution in [0.15, 0.2) is 18.2 Å². The summed E-state index contributed by atoms with van der Waals surface area (Å²) in [6.45, 7) is 1.98. The summed E-state index contributed by atoms with van der Waals surface area (Å²) >= 11 is 0. The fraction of sp³-hybridized carbons (Fsp3) is 0.588. The van der Waals surface area contributed by atoms with Gasteiger partial charge in [0.1, 0.15) is 11.5 Å². The van der Waals surface area contributed by atoms with E-state index in [0.717, 1.165) is 17.1 Å². The molecule has 1 saturated carbocycles. The molecule has 4 heteroatoms. The quantitative estimate of drug-likeness (QED) is 0.873. The van der Waals surface area contributed by atoms with Crippen molar-refractivity contribution < 1.29 is 14.3 Å². The summed E-state index contributed by atoms with van der Waals surface area (Å²) in [5, 5.41) is 3.07. The van der Waals surface area contributed by atoms with Crippen LogP contribution in [0.1, 0.15) is 50.6 Å². The van der Waals surface area contributed by atoms with Crippen molar-refractivity contribution in [2.75, 3.05) is 14.2 Å². The minimum Gasteiger partial charge on any atom is -0.497 e. The largest absolute Gasteiger partial charge is 0.497 e. The molecule has 0 bridgehead atoms. The van der Waals surface area contributed by atoms with Crippen LogP contribution >= 0.6 is 0 Å². The van der Waals surface area contributed by atoms with Gasteiger partial charge in [-0.05, 0) is 43.9 Å². The Bertz CT molecular complexity index is 481. The summed E-state index contributed by atoms with van der Waals surface area (Å²) in [7, 11) is 3.27. The maximum Gasteiger partial charge on any atom is 0.220 e. The predicted octanol–water partition coefficient (Wildman–Crippen LogP) is 3.46. The van der Waals surface area contributed by atoms with Crippen molar-refractivity contribution in [3.05, 3.63) is 23.8 Å². The van der Waals surface area contributed by atoms with Crippen LogP contribution in [0.25, 0.3) is 0 Å². The molecule has 0 saturated heterocycles. The van der Waals surface area contributed by atoms with Gasteiger partial charge in [-0.25, -0.2) is 0 Å². The Labute approximate surface area is 126 Å². The first-order valence-electron chi connectivity index (χ1n) is 7.65. The predicted molar refractivity (Wildman–Crippen MR) is 82.7 cm³/mol. The normalized spacial score (nSPS) is 16.5. The number of hydrogen-bond donors (Lipinski definition) is 1. The lowest BCUT2D eigenvalue weighted by Crippen LogP contribution is -2.28. The topological polar surface area (TPSA) is 47.6 Å². The third-order valence-electron chi connectivity index (χ3n) is 4.23. The summed E-state index contributed by atoms with van der Waals surface area (Å²) in [6.07, 6.45) is 5.53. The standard InChI is InChI=1S/C17H25NO3/c1-12(18-17(19)10-13-6-4-5-7-13)15-11-14(20-2)8-9-16(15)21-3/h8-9,11-13H,4-7,10H2,1-3H3,(H,18,19). The first-order valence-corrected chi connectivity index (χ1v) is 7.65. The van der Waals surface area contributed by atoms with Crippen LogP contribution in [0, 0.1) is 5.92 Å². The zero-order chi connectivity index (χ0) is 15.2. The number of hydrogen-bond acceptors (Lipinski definition) is 3. The summed E-state index contributed by atoms with van der Waals surface area (Å²) in [4.78, 5) is 12.2. The second-order valence-electron chi connectivity index (χ2n) is 5.75. The van der Waals surface area contributed by atoms with Gasteiger partial charge in [0.2, 0.25) is 5.91 Å². The number of rotatable bonds is 6. The molecule has 21 heavy (non-hydrogen) atoms. The van der Waals surface area contributed by atoms with E-state index in [0.29, 0.717) is 12.3 Å². The van der Waals surface area contributed by atoms with Crippen LogP contribution < -0.4 is 14.8 Å². The molecule has 0 aromatic heterocycles. The van der Waals surface area contributed by atoms with Crippen molar-refractivity contribution in [2.45, 2.75) is 45.1 Å². The molecule has 1 unspecified atom stereocenters. The smallest absolute Gasteiger partial charge is 0.220 e. The molecule has 2 rings (SSSR count). The molecule has 0 spiro atoms. The first-order chi connectivity index (χ1) is 10.1. The molecule has 1 aromatic carbocycles. The van der Waals surface area contributed by atoms with E-state index in [-0.39, 0.29) is 11.9 Å². The molecule has 1 atom stereocenters. The third-order valence-corrected chi connectivity index (χ3v) is 4.23. The highest BCUT2D eigenvalue weighted by molar-refractivity contribution is 5.76. The first kappa shape index (κ1) is 15.7. The van der Waals surface area contributed by atoms with Crippen LogP contribution in [0.4, 0.5) is 0 Å². The van der Waals surface area contributed by atoms with Gasteiger partial charge in [0.25, 0.3) is 0 Å².